The average Bonchev–Trinajstić information content (AvgIpc) is 2.95. The second kappa shape index (κ2) is 6.24. The largest absolute Gasteiger partial charge is 0.506 e. The molecule has 1 aromatic heterocycles. The van der Waals surface area contributed by atoms with Crippen LogP contribution >= 0.6 is 22.9 Å². The van der Waals surface area contributed by atoms with E-state index in [1.165, 1.54) is 4.70 Å². The number of aromatic hydroxyl groups is 1. The average molecular weight is 333 g/mol. The lowest BCUT2D eigenvalue weighted by atomic mass is 10.2. The summed E-state index contributed by atoms with van der Waals surface area (Å²) in [7, 11) is 2.04. The lowest BCUT2D eigenvalue weighted by molar-refractivity contribution is 0.252. The molecule has 3 aromatic rings. The van der Waals surface area contributed by atoms with Crippen LogP contribution in [0.1, 0.15) is 23.5 Å². The zero-order valence-corrected chi connectivity index (χ0v) is 14.0. The van der Waals surface area contributed by atoms with Crippen LogP contribution in [0, 0.1) is 0 Å². The van der Waals surface area contributed by atoms with Gasteiger partial charge in [0.1, 0.15) is 10.8 Å². The fourth-order valence-electron chi connectivity index (χ4n) is 2.35. The molecule has 22 heavy (non-hydrogen) atoms. The maximum absolute atomic E-state index is 9.70. The van der Waals surface area contributed by atoms with E-state index in [1.54, 1.807) is 17.4 Å². The Morgan fingerprint density at radius 2 is 2.00 bits per heavy atom. The minimum absolute atomic E-state index is 0.125. The molecule has 0 spiro atoms. The van der Waals surface area contributed by atoms with Crippen LogP contribution in [-0.2, 0) is 6.54 Å². The molecule has 0 fully saturated rings. The Balaban J connectivity index is 1.82. The van der Waals surface area contributed by atoms with Crippen molar-refractivity contribution in [3.63, 3.8) is 0 Å². The maximum atomic E-state index is 9.70. The molecule has 1 heterocycles. The highest BCUT2D eigenvalue weighted by Crippen LogP contribution is 2.32. The summed E-state index contributed by atoms with van der Waals surface area (Å²) in [5.41, 5.74) is 1.95. The number of phenols is 1. The number of hydrogen-bond acceptors (Lipinski definition) is 4. The predicted octanol–water partition coefficient (Wildman–Crippen LogP) is 4.85. The Bertz CT molecular complexity index is 769. The fourth-order valence-corrected chi connectivity index (χ4v) is 3.62. The molecule has 0 bridgehead atoms. The minimum atomic E-state index is 0.125. The van der Waals surface area contributed by atoms with Crippen molar-refractivity contribution in [2.75, 3.05) is 7.05 Å². The number of hydrogen-bond donors (Lipinski definition) is 1. The zero-order chi connectivity index (χ0) is 15.7. The van der Waals surface area contributed by atoms with Gasteiger partial charge in [-0.25, -0.2) is 4.98 Å². The highest BCUT2D eigenvalue weighted by atomic mass is 35.5. The topological polar surface area (TPSA) is 36.4 Å². The van der Waals surface area contributed by atoms with Crippen molar-refractivity contribution in [1.29, 1.82) is 0 Å². The Morgan fingerprint density at radius 3 is 2.77 bits per heavy atom. The normalized spacial score (nSPS) is 12.9. The third-order valence-corrected chi connectivity index (χ3v) is 5.45. The van der Waals surface area contributed by atoms with Crippen LogP contribution in [0.15, 0.2) is 42.5 Å². The van der Waals surface area contributed by atoms with Gasteiger partial charge in [-0.05, 0) is 37.7 Å². The summed E-state index contributed by atoms with van der Waals surface area (Å²) in [5.74, 6) is 0.125. The number of thiazole rings is 1. The third kappa shape index (κ3) is 2.95. The molecule has 2 aromatic carbocycles. The first-order chi connectivity index (χ1) is 10.6. The van der Waals surface area contributed by atoms with Crippen LogP contribution in [0.25, 0.3) is 10.2 Å². The highest BCUT2D eigenvalue weighted by molar-refractivity contribution is 7.18. The summed E-state index contributed by atoms with van der Waals surface area (Å²) in [6.07, 6.45) is 0. The van der Waals surface area contributed by atoms with Gasteiger partial charge in [0, 0.05) is 6.54 Å². The van der Waals surface area contributed by atoms with Crippen molar-refractivity contribution >= 4 is 33.2 Å². The first-order valence-corrected chi connectivity index (χ1v) is 8.28. The minimum Gasteiger partial charge on any atom is -0.506 e. The SMILES string of the molecule is CC(c1nc2ccccc2s1)N(C)Cc1cccc(O)c1Cl. The van der Waals surface area contributed by atoms with Gasteiger partial charge in [-0.1, -0.05) is 35.9 Å². The van der Waals surface area contributed by atoms with Gasteiger partial charge in [-0.15, -0.1) is 11.3 Å². The lowest BCUT2D eigenvalue weighted by Crippen LogP contribution is -2.22. The second-order valence-electron chi connectivity index (χ2n) is 5.36. The molecule has 0 aliphatic heterocycles. The van der Waals surface area contributed by atoms with Gasteiger partial charge in [0.2, 0.25) is 0 Å². The number of phenolic OH excluding ortho intramolecular Hbond substituents is 1. The summed E-state index contributed by atoms with van der Waals surface area (Å²) < 4.78 is 1.20. The van der Waals surface area contributed by atoms with Gasteiger partial charge in [0.15, 0.2) is 0 Å². The van der Waals surface area contributed by atoms with Crippen LogP contribution in [0.4, 0.5) is 0 Å². The van der Waals surface area contributed by atoms with E-state index in [9.17, 15) is 5.11 Å². The van der Waals surface area contributed by atoms with Crippen LogP contribution < -0.4 is 0 Å². The number of rotatable bonds is 4. The van der Waals surface area contributed by atoms with Crippen LogP contribution in [0.5, 0.6) is 5.75 Å². The molecule has 0 saturated heterocycles. The molecule has 3 nitrogen and oxygen atoms in total. The zero-order valence-electron chi connectivity index (χ0n) is 12.5. The Labute approximate surface area is 138 Å². The Hall–Kier alpha value is -1.62. The number of benzene rings is 2. The van der Waals surface area contributed by atoms with Crippen molar-refractivity contribution in [1.82, 2.24) is 9.88 Å². The summed E-state index contributed by atoms with van der Waals surface area (Å²) in [6.45, 7) is 2.79. The van der Waals surface area contributed by atoms with E-state index in [0.717, 1.165) is 16.1 Å². The molecule has 3 rings (SSSR count). The fraction of sp³-hybridized carbons (Fsp3) is 0.235. The van der Waals surface area contributed by atoms with E-state index in [0.29, 0.717) is 11.6 Å². The molecule has 1 N–H and O–H groups in total. The monoisotopic (exact) mass is 332 g/mol. The smallest absolute Gasteiger partial charge is 0.134 e. The van der Waals surface area contributed by atoms with Crippen LogP contribution in [0.3, 0.4) is 0 Å². The Kier molecular flexibility index (Phi) is 4.34. The maximum Gasteiger partial charge on any atom is 0.134 e. The summed E-state index contributed by atoms with van der Waals surface area (Å²) in [6, 6.07) is 13.7. The molecular formula is C17H17ClN2OS. The number of aromatic nitrogens is 1. The van der Waals surface area contributed by atoms with Gasteiger partial charge >= 0.3 is 0 Å². The van der Waals surface area contributed by atoms with Gasteiger partial charge in [0.05, 0.1) is 21.3 Å². The van der Waals surface area contributed by atoms with E-state index in [1.807, 2.05) is 37.4 Å². The quantitative estimate of drug-likeness (QED) is 0.742. The van der Waals surface area contributed by atoms with Crippen molar-refractivity contribution in [2.24, 2.45) is 0 Å². The van der Waals surface area contributed by atoms with Gasteiger partial charge in [-0.2, -0.15) is 0 Å². The number of para-hydroxylation sites is 1. The van der Waals surface area contributed by atoms with Crippen molar-refractivity contribution < 1.29 is 5.11 Å². The highest BCUT2D eigenvalue weighted by Gasteiger charge is 2.17. The standard InChI is InChI=1S/C17H17ClN2OS/c1-11(17-19-13-7-3-4-9-15(13)22-17)20(2)10-12-6-5-8-14(21)16(12)18/h3-9,11,21H,10H2,1-2H3. The van der Waals surface area contributed by atoms with Crippen molar-refractivity contribution in [3.05, 3.63) is 58.1 Å². The molecule has 0 aliphatic rings. The van der Waals surface area contributed by atoms with E-state index in [2.05, 4.69) is 17.9 Å². The lowest BCUT2D eigenvalue weighted by Gasteiger charge is -2.23. The van der Waals surface area contributed by atoms with Crippen molar-refractivity contribution in [2.45, 2.75) is 19.5 Å². The molecule has 5 heteroatoms. The van der Waals surface area contributed by atoms with E-state index in [-0.39, 0.29) is 11.8 Å². The van der Waals surface area contributed by atoms with Crippen molar-refractivity contribution in [3.8, 4) is 5.75 Å². The van der Waals surface area contributed by atoms with Crippen LogP contribution in [-0.4, -0.2) is 22.0 Å². The number of nitrogens with zero attached hydrogens (tertiary/aromatic N) is 2. The number of halogens is 1. The van der Waals surface area contributed by atoms with E-state index < -0.39 is 0 Å². The molecule has 1 unspecified atom stereocenters. The molecule has 114 valence electrons. The first-order valence-electron chi connectivity index (χ1n) is 7.08. The van der Waals surface area contributed by atoms with Gasteiger partial charge < -0.3 is 5.11 Å². The van der Waals surface area contributed by atoms with Gasteiger partial charge in [0.25, 0.3) is 0 Å². The predicted molar refractivity (Wildman–Crippen MR) is 92.6 cm³/mol. The second-order valence-corrected chi connectivity index (χ2v) is 6.80. The molecule has 0 radical (unpaired) electrons. The van der Waals surface area contributed by atoms with E-state index >= 15 is 0 Å². The summed E-state index contributed by atoms with van der Waals surface area (Å²) >= 11 is 7.88. The molecular weight excluding hydrogens is 316 g/mol. The molecule has 0 amide bonds. The first kappa shape index (κ1) is 15.3. The molecule has 0 saturated carbocycles. The van der Waals surface area contributed by atoms with Crippen LogP contribution in [0.2, 0.25) is 5.02 Å². The summed E-state index contributed by atoms with van der Waals surface area (Å²) in [4.78, 5) is 6.89. The van der Waals surface area contributed by atoms with E-state index in [4.69, 9.17) is 16.6 Å². The van der Waals surface area contributed by atoms with Gasteiger partial charge in [-0.3, -0.25) is 4.90 Å². The number of fused-ring (bicyclic) bond motifs is 1. The Morgan fingerprint density at radius 1 is 1.23 bits per heavy atom. The third-order valence-electron chi connectivity index (χ3n) is 3.81. The summed E-state index contributed by atoms with van der Waals surface area (Å²) in [5, 5.41) is 11.2. The molecule has 1 atom stereocenters. The molecule has 0 aliphatic carbocycles.